The van der Waals surface area contributed by atoms with Crippen LogP contribution in [-0.2, 0) is 0 Å². The first kappa shape index (κ1) is 13.5. The second-order valence-electron chi connectivity index (χ2n) is 4.10. The monoisotopic (exact) mass is 279 g/mol. The molecule has 2 rings (SSSR count). The molecule has 0 fully saturated rings. The Bertz CT molecular complexity index is 510. The van der Waals surface area contributed by atoms with Gasteiger partial charge in [-0.05, 0) is 32.0 Å². The zero-order valence-corrected chi connectivity index (χ0v) is 12.4. The summed E-state index contributed by atoms with van der Waals surface area (Å²) in [7, 11) is 2.00. The minimum atomic E-state index is 0.348. The molecule has 1 aromatic carbocycles. The maximum Gasteiger partial charge on any atom is 0.174 e. The molecule has 18 heavy (non-hydrogen) atoms. The van der Waals surface area contributed by atoms with E-state index in [1.807, 2.05) is 14.0 Å². The van der Waals surface area contributed by atoms with E-state index >= 15 is 0 Å². The molecule has 3 nitrogen and oxygen atoms in total. The fourth-order valence-electron chi connectivity index (χ4n) is 1.80. The van der Waals surface area contributed by atoms with Gasteiger partial charge in [0, 0.05) is 11.8 Å². The Morgan fingerprint density at radius 2 is 2.06 bits per heavy atom. The number of rotatable bonds is 5. The van der Waals surface area contributed by atoms with Crippen molar-refractivity contribution in [2.45, 2.75) is 24.2 Å². The smallest absolute Gasteiger partial charge is 0.174 e. The Balaban J connectivity index is 2.04. The summed E-state index contributed by atoms with van der Waals surface area (Å²) in [6.45, 7) is 4.14. The van der Waals surface area contributed by atoms with Gasteiger partial charge in [-0.15, -0.1) is 10.2 Å². The van der Waals surface area contributed by atoms with E-state index in [9.17, 15) is 0 Å². The predicted octanol–water partition coefficient (Wildman–Crippen LogP) is 3.21. The minimum absolute atomic E-state index is 0.348. The molecule has 1 aromatic heterocycles. The van der Waals surface area contributed by atoms with Gasteiger partial charge >= 0.3 is 0 Å². The molecule has 0 aliphatic heterocycles. The SMILES string of the molecule is CNC(CSc1nnc(C)s1)c1ccccc1C. The first-order chi connectivity index (χ1) is 8.70. The van der Waals surface area contributed by atoms with E-state index in [0.29, 0.717) is 6.04 Å². The molecule has 96 valence electrons. The lowest BCUT2D eigenvalue weighted by molar-refractivity contribution is 0.657. The normalized spacial score (nSPS) is 12.6. The first-order valence-corrected chi connectivity index (χ1v) is 7.66. The second-order valence-corrected chi connectivity index (χ2v) is 6.54. The van der Waals surface area contributed by atoms with Gasteiger partial charge in [0.2, 0.25) is 0 Å². The molecule has 1 atom stereocenters. The van der Waals surface area contributed by atoms with E-state index < -0.39 is 0 Å². The average molecular weight is 279 g/mol. The van der Waals surface area contributed by atoms with E-state index in [2.05, 4.69) is 46.7 Å². The molecule has 1 unspecified atom stereocenters. The lowest BCUT2D eigenvalue weighted by Gasteiger charge is -2.17. The fraction of sp³-hybridized carbons (Fsp3) is 0.385. The maximum absolute atomic E-state index is 4.14. The van der Waals surface area contributed by atoms with Crippen molar-refractivity contribution in [2.75, 3.05) is 12.8 Å². The number of benzene rings is 1. The second kappa shape index (κ2) is 6.31. The van der Waals surface area contributed by atoms with Crippen LogP contribution >= 0.6 is 23.1 Å². The van der Waals surface area contributed by atoms with Crippen LogP contribution in [0.3, 0.4) is 0 Å². The van der Waals surface area contributed by atoms with E-state index in [-0.39, 0.29) is 0 Å². The van der Waals surface area contributed by atoms with Gasteiger partial charge in [-0.25, -0.2) is 0 Å². The van der Waals surface area contributed by atoms with Crippen LogP contribution in [0.15, 0.2) is 28.6 Å². The zero-order chi connectivity index (χ0) is 13.0. The molecule has 0 bridgehead atoms. The zero-order valence-electron chi connectivity index (χ0n) is 10.8. The summed E-state index contributed by atoms with van der Waals surface area (Å²) in [6, 6.07) is 8.85. The summed E-state index contributed by atoms with van der Waals surface area (Å²) in [6.07, 6.45) is 0. The third-order valence-corrected chi connectivity index (χ3v) is 4.86. The number of aromatic nitrogens is 2. The summed E-state index contributed by atoms with van der Waals surface area (Å²) >= 11 is 3.41. The van der Waals surface area contributed by atoms with Gasteiger partial charge in [0.1, 0.15) is 5.01 Å². The Kier molecular flexibility index (Phi) is 4.74. The fourth-order valence-corrected chi connectivity index (χ4v) is 3.77. The molecular formula is C13H17N3S2. The first-order valence-electron chi connectivity index (χ1n) is 5.86. The largest absolute Gasteiger partial charge is 0.312 e. The Morgan fingerprint density at radius 1 is 1.28 bits per heavy atom. The number of nitrogens with zero attached hydrogens (tertiary/aromatic N) is 2. The van der Waals surface area contributed by atoms with Crippen LogP contribution in [-0.4, -0.2) is 23.0 Å². The van der Waals surface area contributed by atoms with Crippen molar-refractivity contribution < 1.29 is 0 Å². The van der Waals surface area contributed by atoms with Gasteiger partial charge in [0.25, 0.3) is 0 Å². The molecule has 0 saturated carbocycles. The molecule has 5 heteroatoms. The highest BCUT2D eigenvalue weighted by Gasteiger charge is 2.13. The van der Waals surface area contributed by atoms with Crippen molar-refractivity contribution in [1.29, 1.82) is 0 Å². The third kappa shape index (κ3) is 3.31. The predicted molar refractivity (Wildman–Crippen MR) is 78.3 cm³/mol. The maximum atomic E-state index is 4.14. The molecule has 0 saturated heterocycles. The summed E-state index contributed by atoms with van der Waals surface area (Å²) in [5.41, 5.74) is 2.68. The van der Waals surface area contributed by atoms with Crippen LogP contribution in [0.4, 0.5) is 0 Å². The Hall–Kier alpha value is -0.910. The number of nitrogens with one attached hydrogen (secondary N) is 1. The number of thioether (sulfide) groups is 1. The molecule has 0 amide bonds. The lowest BCUT2D eigenvalue weighted by Crippen LogP contribution is -2.19. The number of hydrogen-bond acceptors (Lipinski definition) is 5. The molecule has 0 radical (unpaired) electrons. The minimum Gasteiger partial charge on any atom is -0.312 e. The van der Waals surface area contributed by atoms with Crippen molar-refractivity contribution in [3.63, 3.8) is 0 Å². The van der Waals surface area contributed by atoms with Crippen molar-refractivity contribution in [3.8, 4) is 0 Å². The summed E-state index contributed by atoms with van der Waals surface area (Å²) in [5, 5.41) is 12.6. The van der Waals surface area contributed by atoms with E-state index in [1.54, 1.807) is 23.1 Å². The van der Waals surface area contributed by atoms with Crippen LogP contribution in [0.25, 0.3) is 0 Å². The van der Waals surface area contributed by atoms with Crippen molar-refractivity contribution in [1.82, 2.24) is 15.5 Å². The molecule has 0 aliphatic carbocycles. The van der Waals surface area contributed by atoms with Gasteiger partial charge in [-0.2, -0.15) is 0 Å². The molecule has 0 spiro atoms. The van der Waals surface area contributed by atoms with Crippen molar-refractivity contribution >= 4 is 23.1 Å². The van der Waals surface area contributed by atoms with Crippen LogP contribution in [0.2, 0.25) is 0 Å². The van der Waals surface area contributed by atoms with Gasteiger partial charge in [0.15, 0.2) is 4.34 Å². The van der Waals surface area contributed by atoms with Gasteiger partial charge in [-0.3, -0.25) is 0 Å². The van der Waals surface area contributed by atoms with Crippen molar-refractivity contribution in [2.24, 2.45) is 0 Å². The topological polar surface area (TPSA) is 37.8 Å². The van der Waals surface area contributed by atoms with E-state index in [4.69, 9.17) is 0 Å². The quantitative estimate of drug-likeness (QED) is 0.853. The highest BCUT2D eigenvalue weighted by molar-refractivity contribution is 8.01. The average Bonchev–Trinajstić information content (AvgIpc) is 2.78. The molecular weight excluding hydrogens is 262 g/mol. The Morgan fingerprint density at radius 3 is 2.67 bits per heavy atom. The van der Waals surface area contributed by atoms with Gasteiger partial charge in [-0.1, -0.05) is 47.4 Å². The van der Waals surface area contributed by atoms with Crippen LogP contribution < -0.4 is 5.32 Å². The van der Waals surface area contributed by atoms with E-state index in [0.717, 1.165) is 15.1 Å². The molecule has 0 aliphatic rings. The summed E-state index contributed by atoms with van der Waals surface area (Å²) in [5.74, 6) is 0.968. The summed E-state index contributed by atoms with van der Waals surface area (Å²) < 4.78 is 1.04. The van der Waals surface area contributed by atoms with Crippen molar-refractivity contribution in [3.05, 3.63) is 40.4 Å². The summed E-state index contributed by atoms with van der Waals surface area (Å²) in [4.78, 5) is 0. The number of hydrogen-bond donors (Lipinski definition) is 1. The molecule has 2 aromatic rings. The van der Waals surface area contributed by atoms with Crippen LogP contribution in [0.1, 0.15) is 22.2 Å². The van der Waals surface area contributed by atoms with Crippen LogP contribution in [0.5, 0.6) is 0 Å². The lowest BCUT2D eigenvalue weighted by atomic mass is 10.0. The standard InChI is InChI=1S/C13H17N3S2/c1-9-6-4-5-7-11(9)12(14-3)8-17-13-16-15-10(2)18-13/h4-7,12,14H,8H2,1-3H3. The van der Waals surface area contributed by atoms with Crippen LogP contribution in [0, 0.1) is 13.8 Å². The third-order valence-electron chi connectivity index (χ3n) is 2.79. The van der Waals surface area contributed by atoms with Gasteiger partial charge in [0.05, 0.1) is 0 Å². The molecule has 1 N–H and O–H groups in total. The number of aryl methyl sites for hydroxylation is 2. The van der Waals surface area contributed by atoms with Gasteiger partial charge < -0.3 is 5.32 Å². The Labute approximate surface area is 116 Å². The van der Waals surface area contributed by atoms with E-state index in [1.165, 1.54) is 11.1 Å². The highest BCUT2D eigenvalue weighted by Crippen LogP contribution is 2.27. The molecule has 1 heterocycles. The highest BCUT2D eigenvalue weighted by atomic mass is 32.2.